The fraction of sp³-hybridized carbons (Fsp3) is 0.444. The Labute approximate surface area is 162 Å². The van der Waals surface area contributed by atoms with Crippen LogP contribution in [-0.2, 0) is 29.5 Å². The molecule has 1 aromatic heterocycles. The zero-order valence-corrected chi connectivity index (χ0v) is 16.9. The van der Waals surface area contributed by atoms with Crippen LogP contribution in [0.25, 0.3) is 0 Å². The smallest absolute Gasteiger partial charge is 0.276 e. The highest BCUT2D eigenvalue weighted by Crippen LogP contribution is 2.20. The van der Waals surface area contributed by atoms with Crippen LogP contribution in [0.5, 0.6) is 0 Å². The maximum Gasteiger partial charge on any atom is 0.276 e. The Balaban J connectivity index is 0.00000243. The molecule has 142 valence electrons. The number of aromatic amines is 1. The van der Waals surface area contributed by atoms with Crippen molar-refractivity contribution in [3.8, 4) is 0 Å². The van der Waals surface area contributed by atoms with Gasteiger partial charge in [-0.3, -0.25) is 14.1 Å². The highest BCUT2D eigenvalue weighted by atomic mass is 35.5. The zero-order valence-electron chi connectivity index (χ0n) is 15.2. The highest BCUT2D eigenvalue weighted by molar-refractivity contribution is 7.85. The molecular formula is C18H25ClN4O2S. The molecule has 3 rings (SSSR count). The van der Waals surface area contributed by atoms with Crippen LogP contribution in [0.15, 0.2) is 24.3 Å². The second kappa shape index (κ2) is 8.33. The molecule has 26 heavy (non-hydrogen) atoms. The Kier molecular flexibility index (Phi) is 6.60. The zero-order chi connectivity index (χ0) is 18.0. The first-order valence-electron chi connectivity index (χ1n) is 8.40. The van der Waals surface area contributed by atoms with Crippen LogP contribution in [0.2, 0.25) is 0 Å². The third kappa shape index (κ3) is 4.72. The molecule has 0 saturated heterocycles. The average Bonchev–Trinajstić information content (AvgIpc) is 2.98. The number of aromatic nitrogens is 2. The average molecular weight is 397 g/mol. The minimum atomic E-state index is -0.979. The fourth-order valence-corrected chi connectivity index (χ4v) is 3.63. The summed E-state index contributed by atoms with van der Waals surface area (Å²) in [6.07, 6.45) is 0.851. The van der Waals surface area contributed by atoms with Gasteiger partial charge in [-0.15, -0.1) is 12.4 Å². The van der Waals surface area contributed by atoms with Gasteiger partial charge in [0, 0.05) is 57.8 Å². The van der Waals surface area contributed by atoms with E-state index in [1.807, 2.05) is 45.0 Å². The number of rotatable bonds is 4. The van der Waals surface area contributed by atoms with Gasteiger partial charge in [0.05, 0.1) is 0 Å². The quantitative estimate of drug-likeness (QED) is 0.741. The van der Waals surface area contributed by atoms with E-state index in [0.717, 1.165) is 29.8 Å². The molecule has 0 radical (unpaired) electrons. The molecule has 8 heteroatoms. The van der Waals surface area contributed by atoms with E-state index in [2.05, 4.69) is 20.8 Å². The van der Waals surface area contributed by atoms with Crippen LogP contribution < -0.4 is 10.6 Å². The van der Waals surface area contributed by atoms with Crippen molar-refractivity contribution < 1.29 is 9.00 Å². The molecule has 3 N–H and O–H groups in total. The van der Waals surface area contributed by atoms with Crippen molar-refractivity contribution in [2.45, 2.75) is 44.2 Å². The number of carbonyl (C=O) groups excluding carboxylic acids is 1. The molecule has 1 aromatic carbocycles. The minimum absolute atomic E-state index is 0. The van der Waals surface area contributed by atoms with Crippen molar-refractivity contribution in [2.24, 2.45) is 0 Å². The van der Waals surface area contributed by atoms with Crippen LogP contribution in [0.1, 0.15) is 48.1 Å². The van der Waals surface area contributed by atoms with Gasteiger partial charge in [0.1, 0.15) is 0 Å². The standard InChI is InChI=1S/C18H24N4O2S.ClH/c1-18(2,3)25(24)11-12-5-4-6-13(9-12)20-17(23)16-14-10-19-8-7-15(14)21-22-16;/h4-6,9,19H,7-8,10-11H2,1-3H3,(H,20,23)(H,21,22);1H. The molecule has 0 aliphatic carbocycles. The minimum Gasteiger partial charge on any atom is -0.321 e. The first-order valence-corrected chi connectivity index (χ1v) is 9.72. The molecule has 2 aromatic rings. The van der Waals surface area contributed by atoms with E-state index >= 15 is 0 Å². The molecule has 1 unspecified atom stereocenters. The van der Waals surface area contributed by atoms with Gasteiger partial charge in [-0.1, -0.05) is 12.1 Å². The first-order chi connectivity index (χ1) is 11.8. The monoisotopic (exact) mass is 396 g/mol. The summed E-state index contributed by atoms with van der Waals surface area (Å²) < 4.78 is 12.1. The Morgan fingerprint density at radius 1 is 1.35 bits per heavy atom. The molecule has 1 amide bonds. The number of amides is 1. The summed E-state index contributed by atoms with van der Waals surface area (Å²) in [4.78, 5) is 12.6. The largest absolute Gasteiger partial charge is 0.321 e. The van der Waals surface area contributed by atoms with Gasteiger partial charge >= 0.3 is 0 Å². The van der Waals surface area contributed by atoms with Crippen molar-refractivity contribution >= 4 is 34.8 Å². The summed E-state index contributed by atoms with van der Waals surface area (Å²) in [5, 5.41) is 13.3. The van der Waals surface area contributed by atoms with E-state index < -0.39 is 10.8 Å². The lowest BCUT2D eigenvalue weighted by Gasteiger charge is -2.18. The van der Waals surface area contributed by atoms with Gasteiger partial charge < -0.3 is 10.6 Å². The van der Waals surface area contributed by atoms with Crippen LogP contribution in [-0.4, -0.2) is 31.6 Å². The number of hydrogen-bond donors (Lipinski definition) is 3. The predicted octanol–water partition coefficient (Wildman–Crippen LogP) is 2.78. The second-order valence-corrected chi connectivity index (χ2v) is 9.42. The van der Waals surface area contributed by atoms with Gasteiger partial charge in [-0.25, -0.2) is 0 Å². The Morgan fingerprint density at radius 3 is 2.85 bits per heavy atom. The van der Waals surface area contributed by atoms with Gasteiger partial charge in [0.25, 0.3) is 5.91 Å². The SMILES string of the molecule is CC(C)(C)S(=O)Cc1cccc(NC(=O)c2n[nH]c3c2CNCC3)c1.Cl. The lowest BCUT2D eigenvalue weighted by molar-refractivity contribution is 0.102. The molecule has 0 saturated carbocycles. The number of carbonyl (C=O) groups is 1. The fourth-order valence-electron chi connectivity index (χ4n) is 2.71. The van der Waals surface area contributed by atoms with Crippen molar-refractivity contribution in [1.82, 2.24) is 15.5 Å². The number of nitrogens with one attached hydrogen (secondary N) is 3. The summed E-state index contributed by atoms with van der Waals surface area (Å²) in [5.41, 5.74) is 4.03. The van der Waals surface area contributed by atoms with E-state index in [-0.39, 0.29) is 23.1 Å². The van der Waals surface area contributed by atoms with E-state index in [9.17, 15) is 9.00 Å². The molecule has 1 aliphatic heterocycles. The Bertz CT molecular complexity index is 814. The summed E-state index contributed by atoms with van der Waals surface area (Å²) in [5.74, 6) is 0.241. The third-order valence-corrected chi connectivity index (χ3v) is 6.15. The van der Waals surface area contributed by atoms with Crippen LogP contribution >= 0.6 is 12.4 Å². The number of fused-ring (bicyclic) bond motifs is 1. The number of H-pyrrole nitrogens is 1. The predicted molar refractivity (Wildman–Crippen MR) is 107 cm³/mol. The van der Waals surface area contributed by atoms with Crippen molar-refractivity contribution in [3.63, 3.8) is 0 Å². The first kappa shape index (κ1) is 20.6. The number of benzene rings is 1. The number of halogens is 1. The Hall–Kier alpha value is -1.70. The lowest BCUT2D eigenvalue weighted by Crippen LogP contribution is -2.25. The summed E-state index contributed by atoms with van der Waals surface area (Å²) in [6.45, 7) is 7.43. The lowest BCUT2D eigenvalue weighted by atomic mass is 10.1. The van der Waals surface area contributed by atoms with E-state index in [4.69, 9.17) is 0 Å². The summed E-state index contributed by atoms with van der Waals surface area (Å²) >= 11 is 0. The Morgan fingerprint density at radius 2 is 2.12 bits per heavy atom. The third-order valence-electron chi connectivity index (χ3n) is 4.19. The normalized spacial score (nSPS) is 14.9. The maximum atomic E-state index is 12.6. The van der Waals surface area contributed by atoms with Crippen LogP contribution in [0.4, 0.5) is 5.69 Å². The molecular weight excluding hydrogens is 372 g/mol. The second-order valence-electron chi connectivity index (χ2n) is 7.21. The van der Waals surface area contributed by atoms with Gasteiger partial charge in [0.2, 0.25) is 0 Å². The van der Waals surface area contributed by atoms with Gasteiger partial charge in [-0.2, -0.15) is 5.10 Å². The van der Waals surface area contributed by atoms with Gasteiger partial charge in [0.15, 0.2) is 5.69 Å². The molecule has 0 bridgehead atoms. The molecule has 0 fully saturated rings. The van der Waals surface area contributed by atoms with E-state index in [1.165, 1.54) is 0 Å². The summed E-state index contributed by atoms with van der Waals surface area (Å²) in [7, 11) is -0.979. The van der Waals surface area contributed by atoms with Crippen LogP contribution in [0.3, 0.4) is 0 Å². The van der Waals surface area contributed by atoms with E-state index in [0.29, 0.717) is 23.7 Å². The maximum absolute atomic E-state index is 12.6. The molecule has 6 nitrogen and oxygen atoms in total. The topological polar surface area (TPSA) is 86.9 Å². The van der Waals surface area contributed by atoms with Crippen LogP contribution in [0, 0.1) is 0 Å². The van der Waals surface area contributed by atoms with Crippen molar-refractivity contribution in [3.05, 3.63) is 46.8 Å². The number of anilines is 1. The number of nitrogens with zero attached hydrogens (tertiary/aromatic N) is 1. The molecule has 1 aliphatic rings. The molecule has 1 atom stereocenters. The summed E-state index contributed by atoms with van der Waals surface area (Å²) in [6, 6.07) is 7.50. The highest BCUT2D eigenvalue weighted by Gasteiger charge is 2.22. The van der Waals surface area contributed by atoms with Crippen molar-refractivity contribution in [1.29, 1.82) is 0 Å². The molecule has 2 heterocycles. The van der Waals surface area contributed by atoms with E-state index in [1.54, 1.807) is 0 Å². The number of hydrogen-bond acceptors (Lipinski definition) is 4. The van der Waals surface area contributed by atoms with Gasteiger partial charge in [-0.05, 0) is 38.5 Å². The van der Waals surface area contributed by atoms with Crippen molar-refractivity contribution in [2.75, 3.05) is 11.9 Å². The molecule has 0 spiro atoms.